The van der Waals surface area contributed by atoms with E-state index in [4.69, 9.17) is 4.74 Å². The third-order valence-electron chi connectivity index (χ3n) is 6.06. The average Bonchev–Trinajstić information content (AvgIpc) is 3.46. The Morgan fingerprint density at radius 2 is 1.92 bits per heavy atom. The third-order valence-corrected chi connectivity index (χ3v) is 7.21. The Morgan fingerprint density at radius 3 is 2.56 bits per heavy atom. The summed E-state index contributed by atoms with van der Waals surface area (Å²) in [5.41, 5.74) is 3.01. The number of fused-ring (bicyclic) bond motifs is 1. The lowest BCUT2D eigenvalue weighted by Crippen LogP contribution is -2.40. The molecule has 2 aromatic carbocycles. The van der Waals surface area contributed by atoms with Crippen LogP contribution in [0.1, 0.15) is 27.3 Å². The minimum absolute atomic E-state index is 0.0239. The first-order valence-corrected chi connectivity index (χ1v) is 12.1. The molecule has 0 fully saturated rings. The van der Waals surface area contributed by atoms with Crippen LogP contribution < -0.4 is 15.0 Å². The first-order chi connectivity index (χ1) is 17.1. The number of alkyl halides is 3. The highest BCUT2D eigenvalue weighted by atomic mass is 32.1. The second-order valence-corrected chi connectivity index (χ2v) is 9.67. The molecule has 1 unspecified atom stereocenters. The number of thiophene rings is 1. The lowest BCUT2D eigenvalue weighted by molar-refractivity contribution is -0.141. The Bertz CT molecular complexity index is 1270. The largest absolute Gasteiger partial charge is 0.488 e. The molecule has 0 radical (unpaired) electrons. The van der Waals surface area contributed by atoms with Crippen LogP contribution >= 0.6 is 11.3 Å². The van der Waals surface area contributed by atoms with Crippen LogP contribution in [-0.2, 0) is 28.8 Å². The van der Waals surface area contributed by atoms with Gasteiger partial charge in [-0.15, -0.1) is 11.3 Å². The van der Waals surface area contributed by atoms with Crippen molar-refractivity contribution in [3.05, 3.63) is 69.4 Å². The second-order valence-electron chi connectivity index (χ2n) is 8.53. The van der Waals surface area contributed by atoms with E-state index in [9.17, 15) is 27.9 Å². The van der Waals surface area contributed by atoms with Crippen LogP contribution in [0.3, 0.4) is 0 Å². The number of benzene rings is 2. The molecule has 3 aromatic rings. The van der Waals surface area contributed by atoms with Crippen molar-refractivity contribution in [2.24, 2.45) is 0 Å². The highest BCUT2D eigenvalue weighted by Crippen LogP contribution is 2.43. The van der Waals surface area contributed by atoms with E-state index in [0.29, 0.717) is 40.5 Å². The van der Waals surface area contributed by atoms with Gasteiger partial charge in [0.15, 0.2) is 0 Å². The predicted octanol–water partition coefficient (Wildman–Crippen LogP) is 5.27. The van der Waals surface area contributed by atoms with Gasteiger partial charge in [0, 0.05) is 17.0 Å². The van der Waals surface area contributed by atoms with Gasteiger partial charge in [-0.05, 0) is 55.3 Å². The highest BCUT2D eigenvalue weighted by Gasteiger charge is 2.36. The highest BCUT2D eigenvalue weighted by molar-refractivity contribution is 7.12. The number of carbonyl (C=O) groups excluding carboxylic acids is 1. The van der Waals surface area contributed by atoms with E-state index in [1.54, 1.807) is 47.4 Å². The minimum Gasteiger partial charge on any atom is -0.488 e. The fraction of sp³-hybridized carbons (Fsp3) is 0.308. The van der Waals surface area contributed by atoms with Crippen molar-refractivity contribution < 1.29 is 32.6 Å². The quantitative estimate of drug-likeness (QED) is 0.425. The summed E-state index contributed by atoms with van der Waals surface area (Å²) in [4.78, 5) is 25.4. The van der Waals surface area contributed by atoms with Gasteiger partial charge >= 0.3 is 12.1 Å². The molecule has 0 saturated carbocycles. The van der Waals surface area contributed by atoms with Crippen molar-refractivity contribution in [3.63, 3.8) is 0 Å². The fourth-order valence-corrected chi connectivity index (χ4v) is 5.34. The van der Waals surface area contributed by atoms with Gasteiger partial charge in [0.05, 0.1) is 12.1 Å². The Balaban J connectivity index is 1.52. The summed E-state index contributed by atoms with van der Waals surface area (Å²) >= 11 is 0.668. The van der Waals surface area contributed by atoms with Gasteiger partial charge in [-0.3, -0.25) is 9.59 Å². The van der Waals surface area contributed by atoms with Crippen molar-refractivity contribution in [2.75, 3.05) is 18.5 Å². The Hall–Kier alpha value is -3.37. The number of ether oxygens (including phenoxy) is 1. The number of nitrogens with one attached hydrogen (secondary N) is 1. The first kappa shape index (κ1) is 25.7. The number of carboxylic acid groups (broad SMARTS) is 1. The van der Waals surface area contributed by atoms with Crippen molar-refractivity contribution in [3.8, 4) is 16.9 Å². The van der Waals surface area contributed by atoms with Crippen LogP contribution in [0, 0.1) is 6.92 Å². The maximum atomic E-state index is 13.7. The summed E-state index contributed by atoms with van der Waals surface area (Å²) in [7, 11) is 1.49. The first-order valence-electron chi connectivity index (χ1n) is 11.3. The van der Waals surface area contributed by atoms with Crippen LogP contribution in [0.4, 0.5) is 18.9 Å². The number of carbonyl (C=O) groups is 2. The fourth-order valence-electron chi connectivity index (χ4n) is 4.38. The van der Waals surface area contributed by atoms with Gasteiger partial charge in [-0.1, -0.05) is 30.3 Å². The number of amides is 1. The molecule has 1 aromatic heterocycles. The molecule has 2 N–H and O–H groups in total. The lowest BCUT2D eigenvalue weighted by Gasteiger charge is -2.21. The van der Waals surface area contributed by atoms with Gasteiger partial charge < -0.3 is 20.1 Å². The van der Waals surface area contributed by atoms with Gasteiger partial charge in [0.1, 0.15) is 23.3 Å². The smallest absolute Gasteiger partial charge is 0.426 e. The lowest BCUT2D eigenvalue weighted by atomic mass is 10.1. The standard InChI is InChI=1S/C26H25F3N2O4S/c1-15-10-18(11-17-8-9-31(23(15)17)22(32)13-21(30-2)25(33)34)35-14-19-12-20(16-6-4-3-5-7-16)24(36-19)26(27,28)29/h3-7,10-12,21,30H,8-9,13-14H2,1-2H3,(H,33,34). The Labute approximate surface area is 210 Å². The molecular formula is C26H25F3N2O4S. The van der Waals surface area contributed by atoms with E-state index in [2.05, 4.69) is 5.32 Å². The summed E-state index contributed by atoms with van der Waals surface area (Å²) in [6, 6.07) is 12.5. The predicted molar refractivity (Wildman–Crippen MR) is 131 cm³/mol. The number of hydrogen-bond donors (Lipinski definition) is 2. The van der Waals surface area contributed by atoms with Gasteiger partial charge in [0.2, 0.25) is 5.91 Å². The third kappa shape index (κ3) is 5.39. The summed E-state index contributed by atoms with van der Waals surface area (Å²) in [5.74, 6) is -0.884. The Morgan fingerprint density at radius 1 is 1.19 bits per heavy atom. The molecule has 1 aliphatic heterocycles. The molecule has 6 nitrogen and oxygen atoms in total. The normalized spacial score (nSPS) is 14.0. The SMILES string of the molecule is CNC(CC(=O)N1CCc2cc(OCc3cc(-c4ccccc4)c(C(F)(F)F)s3)cc(C)c21)C(=O)O. The van der Waals surface area contributed by atoms with Crippen LogP contribution in [0.15, 0.2) is 48.5 Å². The monoisotopic (exact) mass is 518 g/mol. The molecular weight excluding hydrogens is 493 g/mol. The number of aliphatic carboxylic acids is 1. The molecule has 0 aliphatic carbocycles. The summed E-state index contributed by atoms with van der Waals surface area (Å²) in [5, 5.41) is 11.8. The van der Waals surface area contributed by atoms with Crippen molar-refractivity contribution >= 4 is 28.9 Å². The molecule has 1 atom stereocenters. The molecule has 2 heterocycles. The zero-order valence-corrected chi connectivity index (χ0v) is 20.5. The number of nitrogens with zero attached hydrogens (tertiary/aromatic N) is 1. The number of carboxylic acids is 1. The van der Waals surface area contributed by atoms with Crippen LogP contribution in [0.2, 0.25) is 0 Å². The van der Waals surface area contributed by atoms with Gasteiger partial charge in [-0.2, -0.15) is 13.2 Å². The number of halogens is 3. The molecule has 4 rings (SSSR count). The molecule has 0 saturated heterocycles. The maximum absolute atomic E-state index is 13.7. The van der Waals surface area contributed by atoms with E-state index >= 15 is 0 Å². The topological polar surface area (TPSA) is 78.9 Å². The molecule has 10 heteroatoms. The molecule has 36 heavy (non-hydrogen) atoms. The second kappa shape index (κ2) is 10.3. The van der Waals surface area contributed by atoms with Crippen LogP contribution in [0.5, 0.6) is 5.75 Å². The Kier molecular flexibility index (Phi) is 7.37. The van der Waals surface area contributed by atoms with Crippen molar-refractivity contribution in [1.29, 1.82) is 0 Å². The minimum atomic E-state index is -4.47. The van der Waals surface area contributed by atoms with Crippen molar-refractivity contribution in [1.82, 2.24) is 5.32 Å². The van der Waals surface area contributed by atoms with Crippen molar-refractivity contribution in [2.45, 2.75) is 38.6 Å². The number of anilines is 1. The number of hydrogen-bond acceptors (Lipinski definition) is 5. The van der Waals surface area contributed by atoms with E-state index in [1.807, 2.05) is 6.92 Å². The molecule has 0 spiro atoms. The zero-order valence-electron chi connectivity index (χ0n) is 19.7. The average molecular weight is 519 g/mol. The van der Waals surface area contributed by atoms with E-state index in [0.717, 1.165) is 16.8 Å². The summed E-state index contributed by atoms with van der Waals surface area (Å²) in [6.07, 6.45) is -4.07. The van der Waals surface area contributed by atoms with E-state index < -0.39 is 23.1 Å². The van der Waals surface area contributed by atoms with E-state index in [-0.39, 0.29) is 24.5 Å². The molecule has 1 aliphatic rings. The summed E-state index contributed by atoms with van der Waals surface area (Å²) in [6.45, 7) is 2.23. The molecule has 0 bridgehead atoms. The number of aryl methyl sites for hydroxylation is 1. The van der Waals surface area contributed by atoms with E-state index in [1.165, 1.54) is 13.1 Å². The molecule has 190 valence electrons. The van der Waals surface area contributed by atoms with Gasteiger partial charge in [-0.25, -0.2) is 0 Å². The van der Waals surface area contributed by atoms with Crippen LogP contribution in [-0.4, -0.2) is 36.6 Å². The van der Waals surface area contributed by atoms with Gasteiger partial charge in [0.25, 0.3) is 0 Å². The van der Waals surface area contributed by atoms with Crippen LogP contribution in [0.25, 0.3) is 11.1 Å². The molecule has 1 amide bonds. The number of rotatable bonds is 8. The number of likely N-dealkylation sites (N-methyl/N-ethyl adjacent to an activating group) is 1. The summed E-state index contributed by atoms with van der Waals surface area (Å²) < 4.78 is 46.9. The maximum Gasteiger partial charge on any atom is 0.426 e. The zero-order chi connectivity index (χ0) is 26.0.